The summed E-state index contributed by atoms with van der Waals surface area (Å²) >= 11 is 7.01. The molecule has 13 nitrogen and oxygen atoms in total. The average molecular weight is 654 g/mol. The van der Waals surface area contributed by atoms with Crippen molar-refractivity contribution in [3.8, 4) is 0 Å². The summed E-state index contributed by atoms with van der Waals surface area (Å²) in [6, 6.07) is 6.10. The minimum absolute atomic E-state index is 0.0296. The van der Waals surface area contributed by atoms with Crippen molar-refractivity contribution in [3.63, 3.8) is 0 Å². The van der Waals surface area contributed by atoms with Crippen LogP contribution in [0.1, 0.15) is 19.4 Å². The van der Waals surface area contributed by atoms with Crippen LogP contribution < -0.4 is 22.1 Å². The minimum atomic E-state index is -3.36. The Morgan fingerprint density at radius 2 is 1.86 bits per heavy atom. The number of aliphatic imine (C=N–C) groups is 2. The first-order valence-corrected chi connectivity index (χ1v) is 14.2. The van der Waals surface area contributed by atoms with Crippen molar-refractivity contribution in [1.82, 2.24) is 20.4 Å². The van der Waals surface area contributed by atoms with Gasteiger partial charge in [-0.2, -0.15) is 18.9 Å². The lowest BCUT2D eigenvalue weighted by Crippen LogP contribution is -2.41. The number of carbonyl (C=O) groups is 3. The van der Waals surface area contributed by atoms with E-state index in [1.54, 1.807) is 31.2 Å². The number of urea groups is 1. The van der Waals surface area contributed by atoms with Crippen LogP contribution in [-0.4, -0.2) is 89.1 Å². The van der Waals surface area contributed by atoms with Crippen LogP contribution >= 0.6 is 23.4 Å². The van der Waals surface area contributed by atoms with Crippen LogP contribution in [0.2, 0.25) is 5.02 Å². The predicted octanol–water partition coefficient (Wildman–Crippen LogP) is 3.54. The van der Waals surface area contributed by atoms with Crippen LogP contribution in [0.3, 0.4) is 0 Å². The van der Waals surface area contributed by atoms with Crippen molar-refractivity contribution < 1.29 is 27.9 Å². The summed E-state index contributed by atoms with van der Waals surface area (Å²) in [6.07, 6.45) is 1.49. The number of allylic oxidation sites excluding steroid dienone is 1. The molecule has 0 saturated carbocycles. The highest BCUT2D eigenvalue weighted by molar-refractivity contribution is 8.17. The number of alkyl halides is 2. The number of nitrogens with zero attached hydrogens (tertiary/aromatic N) is 4. The zero-order chi connectivity index (χ0) is 32.9. The van der Waals surface area contributed by atoms with Gasteiger partial charge in [-0.1, -0.05) is 48.7 Å². The Morgan fingerprint density at radius 1 is 1.23 bits per heavy atom. The third-order valence-corrected chi connectivity index (χ3v) is 6.88. The van der Waals surface area contributed by atoms with E-state index in [2.05, 4.69) is 54.6 Å². The van der Waals surface area contributed by atoms with E-state index < -0.39 is 17.9 Å². The molecule has 1 aliphatic rings. The second kappa shape index (κ2) is 17.2. The fourth-order valence-electron chi connectivity index (χ4n) is 3.23. The molecule has 17 heteroatoms. The summed E-state index contributed by atoms with van der Waals surface area (Å²) in [5.41, 5.74) is 11.7. The highest BCUT2D eigenvalue weighted by Gasteiger charge is 2.28. The number of amidine groups is 1. The van der Waals surface area contributed by atoms with Gasteiger partial charge in [0.15, 0.2) is 11.0 Å². The lowest BCUT2D eigenvalue weighted by atomic mass is 10.1. The molecule has 0 bridgehead atoms. The van der Waals surface area contributed by atoms with Crippen molar-refractivity contribution in [2.45, 2.75) is 19.8 Å². The Morgan fingerprint density at radius 3 is 2.48 bits per heavy atom. The number of nitrogens with two attached hydrogens (primary N) is 2. The van der Waals surface area contributed by atoms with Crippen molar-refractivity contribution in [2.24, 2.45) is 21.5 Å². The van der Waals surface area contributed by atoms with E-state index in [1.165, 1.54) is 6.20 Å². The number of aromatic nitrogens is 2. The normalized spacial score (nSPS) is 14.2. The van der Waals surface area contributed by atoms with Crippen LogP contribution in [0, 0.1) is 0 Å². The molecule has 1 aromatic heterocycles. The number of H-pyrrole nitrogens is 1. The Balaban J connectivity index is 0.000000860. The highest BCUT2D eigenvalue weighted by atomic mass is 35.5. The molecule has 0 unspecified atom stereocenters. The molecular formula is C27H34ClF2N9O4S. The number of carbonyl (C=O) groups excluding carboxylic acids is 3. The van der Waals surface area contributed by atoms with Crippen LogP contribution in [0.15, 0.2) is 58.5 Å². The third kappa shape index (κ3) is 12.2. The number of primary amides is 1. The largest absolute Gasteiger partial charge is 0.379 e. The molecule has 3 rings (SSSR count). The van der Waals surface area contributed by atoms with E-state index >= 15 is 0 Å². The lowest BCUT2D eigenvalue weighted by molar-refractivity contribution is -0.139. The Kier molecular flexibility index (Phi) is 14.1. The van der Waals surface area contributed by atoms with E-state index in [1.807, 2.05) is 0 Å². The number of benzene rings is 1. The van der Waals surface area contributed by atoms with Gasteiger partial charge in [0.2, 0.25) is 0 Å². The molecule has 1 aromatic carbocycles. The SMILES string of the molecule is C=C(S/C(N)=N/C(=O)Nc1ccccc1Cl)/C(C)=N/c1[nH]ncc1C(=C)C(=O)NCCN1CCOCC1.CC(F)(F)C(N)=O. The number of hydrogen-bond donors (Lipinski definition) is 5. The number of halogens is 3. The van der Waals surface area contributed by atoms with Crippen LogP contribution in [0.4, 0.5) is 25.1 Å². The number of rotatable bonds is 10. The van der Waals surface area contributed by atoms with E-state index in [4.69, 9.17) is 22.1 Å². The van der Waals surface area contributed by atoms with E-state index in [-0.39, 0.29) is 16.6 Å². The number of morpholine rings is 1. The highest BCUT2D eigenvalue weighted by Crippen LogP contribution is 2.26. The van der Waals surface area contributed by atoms with E-state index in [0.29, 0.717) is 59.4 Å². The summed E-state index contributed by atoms with van der Waals surface area (Å²) < 4.78 is 28.1. The van der Waals surface area contributed by atoms with Crippen LogP contribution in [0.5, 0.6) is 0 Å². The smallest absolute Gasteiger partial charge is 0.347 e. The average Bonchev–Trinajstić information content (AvgIpc) is 3.42. The van der Waals surface area contributed by atoms with Crippen molar-refractivity contribution in [2.75, 3.05) is 44.7 Å². The molecule has 1 fully saturated rings. The molecule has 1 saturated heterocycles. The number of thioether (sulfide) groups is 1. The summed E-state index contributed by atoms with van der Waals surface area (Å²) in [5, 5.41) is 12.5. The quantitative estimate of drug-likeness (QED) is 0.146. The Hall–Kier alpha value is -4.12. The number of ether oxygens (including phenoxy) is 1. The molecule has 4 amide bonds. The van der Waals surface area contributed by atoms with Gasteiger partial charge in [-0.05, 0) is 19.1 Å². The summed E-state index contributed by atoms with van der Waals surface area (Å²) in [5.74, 6) is -4.91. The molecule has 0 aliphatic carbocycles. The van der Waals surface area contributed by atoms with E-state index in [0.717, 1.165) is 31.4 Å². The Labute approximate surface area is 262 Å². The van der Waals surface area contributed by atoms with Crippen LogP contribution in [0.25, 0.3) is 5.57 Å². The predicted molar refractivity (Wildman–Crippen MR) is 169 cm³/mol. The van der Waals surface area contributed by atoms with Crippen LogP contribution in [-0.2, 0) is 14.3 Å². The number of anilines is 1. The summed E-state index contributed by atoms with van der Waals surface area (Å²) in [6.45, 7) is 14.3. The maximum absolute atomic E-state index is 12.6. The van der Waals surface area contributed by atoms with Crippen molar-refractivity contribution in [3.05, 3.63) is 59.1 Å². The number of amides is 4. The molecule has 238 valence electrons. The van der Waals surface area contributed by atoms with Gasteiger partial charge < -0.3 is 26.8 Å². The number of hydrogen-bond acceptors (Lipinski definition) is 8. The number of nitrogens with one attached hydrogen (secondary N) is 3. The van der Waals surface area contributed by atoms with Gasteiger partial charge in [0.25, 0.3) is 11.8 Å². The molecule has 2 heterocycles. The topological polar surface area (TPSA) is 193 Å². The first-order valence-electron chi connectivity index (χ1n) is 13.0. The van der Waals surface area contributed by atoms with Gasteiger partial charge in [0.05, 0.1) is 41.4 Å². The first-order chi connectivity index (χ1) is 20.7. The molecule has 2 aromatic rings. The fourth-order valence-corrected chi connectivity index (χ4v) is 3.98. The molecule has 0 radical (unpaired) electrons. The van der Waals surface area contributed by atoms with Gasteiger partial charge in [0.1, 0.15) is 0 Å². The van der Waals surface area contributed by atoms with Gasteiger partial charge in [-0.15, -0.1) is 0 Å². The van der Waals surface area contributed by atoms with Gasteiger partial charge >= 0.3 is 12.0 Å². The minimum Gasteiger partial charge on any atom is -0.379 e. The molecule has 7 N–H and O–H groups in total. The number of aromatic amines is 1. The summed E-state index contributed by atoms with van der Waals surface area (Å²) in [4.78, 5) is 45.2. The lowest BCUT2D eigenvalue weighted by Gasteiger charge is -2.26. The standard InChI is InChI=1S/C24H29ClN8O3S.C3H5F2NO/c1-15(22(34)27-8-9-33-10-12-36-13-11-33)18-14-28-32-21(18)29-16(2)17(3)37-23(26)31-24(35)30-20-7-5-4-6-19(20)25;1-3(4,5)2(6)7/h4-7,14H,1,3,8-13H2,2H3,(H,27,34)(H,28,32)(H3,26,30,31,35);1H3,(H2,6,7)/b29-16+;. The van der Waals surface area contributed by atoms with E-state index in [9.17, 15) is 23.2 Å². The molecule has 0 atom stereocenters. The fraction of sp³-hybridized carbons (Fsp3) is 0.333. The second-order valence-electron chi connectivity index (χ2n) is 9.16. The summed E-state index contributed by atoms with van der Waals surface area (Å²) in [7, 11) is 0. The van der Waals surface area contributed by atoms with Crippen molar-refractivity contribution >= 4 is 69.2 Å². The monoisotopic (exact) mass is 653 g/mol. The molecule has 44 heavy (non-hydrogen) atoms. The first kappa shape index (κ1) is 36.1. The second-order valence-corrected chi connectivity index (χ2v) is 10.7. The molecular weight excluding hydrogens is 620 g/mol. The molecule has 0 spiro atoms. The van der Waals surface area contributed by atoms with Crippen molar-refractivity contribution in [1.29, 1.82) is 0 Å². The number of para-hydroxylation sites is 1. The molecule has 1 aliphatic heterocycles. The Bertz CT molecular complexity index is 1420. The van der Waals surface area contributed by atoms with Gasteiger partial charge in [-0.25, -0.2) is 9.79 Å². The van der Waals surface area contributed by atoms with Gasteiger partial charge in [-0.3, -0.25) is 19.6 Å². The van der Waals surface area contributed by atoms with Gasteiger partial charge in [0, 0.05) is 43.6 Å². The third-order valence-electron chi connectivity index (χ3n) is 5.71. The zero-order valence-corrected chi connectivity index (χ0v) is 25.7. The maximum Gasteiger partial charge on any atom is 0.347 e. The maximum atomic E-state index is 12.6. The zero-order valence-electron chi connectivity index (χ0n) is 24.2.